The first-order valence-electron chi connectivity index (χ1n) is 11.2. The number of nitrogens with zero attached hydrogens (tertiary/aromatic N) is 2. The maximum Gasteiger partial charge on any atom is 0.185 e. The first kappa shape index (κ1) is 24.5. The van der Waals surface area contributed by atoms with Crippen molar-refractivity contribution in [2.45, 2.75) is 56.1 Å². The molecule has 1 aliphatic rings. The molecule has 176 valence electrons. The van der Waals surface area contributed by atoms with E-state index >= 15 is 0 Å². The van der Waals surface area contributed by atoms with E-state index in [1.54, 1.807) is 24.3 Å². The second-order valence-electron chi connectivity index (χ2n) is 8.63. The minimum Gasteiger partial charge on any atom is -0.348 e. The van der Waals surface area contributed by atoms with E-state index < -0.39 is 15.1 Å². The van der Waals surface area contributed by atoms with Crippen molar-refractivity contribution >= 4 is 49.5 Å². The van der Waals surface area contributed by atoms with Crippen LogP contribution in [0.25, 0.3) is 0 Å². The maximum atomic E-state index is 13.2. The fraction of sp³-hybridized carbons (Fsp3) is 0.400. The Labute approximate surface area is 210 Å². The number of hydrogen-bond donors (Lipinski definition) is 0. The van der Waals surface area contributed by atoms with E-state index in [0.29, 0.717) is 36.5 Å². The Kier molecular flexibility index (Phi) is 7.69. The highest BCUT2D eigenvalue weighted by Gasteiger charge is 2.33. The van der Waals surface area contributed by atoms with Crippen LogP contribution >= 0.6 is 34.5 Å². The van der Waals surface area contributed by atoms with Gasteiger partial charge in [-0.25, -0.2) is 13.4 Å². The summed E-state index contributed by atoms with van der Waals surface area (Å²) < 4.78 is 26.5. The summed E-state index contributed by atoms with van der Waals surface area (Å²) in [5.74, 6) is 0. The lowest BCUT2D eigenvalue weighted by Gasteiger charge is -2.31. The molecule has 1 saturated heterocycles. The molecule has 0 unspecified atom stereocenters. The molecule has 1 aliphatic heterocycles. The molecule has 0 spiro atoms. The molecule has 0 radical (unpaired) electrons. The van der Waals surface area contributed by atoms with Gasteiger partial charge in [0.1, 0.15) is 0 Å². The normalized spacial score (nSPS) is 15.2. The summed E-state index contributed by atoms with van der Waals surface area (Å²) >= 11 is 14.0. The second kappa shape index (κ2) is 10.3. The fourth-order valence-corrected chi connectivity index (χ4v) is 7.68. The number of aryl methyl sites for hydroxylation is 2. The van der Waals surface area contributed by atoms with Crippen LogP contribution in [-0.2, 0) is 22.7 Å². The average molecular weight is 524 g/mol. The van der Waals surface area contributed by atoms with Crippen molar-refractivity contribution in [2.75, 3.05) is 18.0 Å². The molecule has 1 aromatic heterocycles. The minimum absolute atomic E-state index is 0.186. The Morgan fingerprint density at radius 1 is 1.06 bits per heavy atom. The molecular weight excluding hydrogens is 495 g/mol. The van der Waals surface area contributed by atoms with E-state index in [2.05, 4.69) is 41.5 Å². The zero-order valence-electron chi connectivity index (χ0n) is 18.9. The summed E-state index contributed by atoms with van der Waals surface area (Å²) in [6.45, 7) is 5.30. The monoisotopic (exact) mass is 522 g/mol. The smallest absolute Gasteiger partial charge is 0.185 e. The van der Waals surface area contributed by atoms with Crippen LogP contribution in [0.15, 0.2) is 46.7 Å². The highest BCUT2D eigenvalue weighted by Crippen LogP contribution is 2.34. The van der Waals surface area contributed by atoms with Crippen molar-refractivity contribution in [3.63, 3.8) is 0 Å². The number of rotatable bonds is 7. The molecule has 2 aromatic carbocycles. The predicted molar refractivity (Wildman–Crippen MR) is 139 cm³/mol. The van der Waals surface area contributed by atoms with Gasteiger partial charge in [-0.1, -0.05) is 60.8 Å². The van der Waals surface area contributed by atoms with Crippen LogP contribution in [0.5, 0.6) is 0 Å². The van der Waals surface area contributed by atoms with Crippen LogP contribution in [0.2, 0.25) is 10.0 Å². The molecule has 4 rings (SSSR count). The van der Waals surface area contributed by atoms with Crippen LogP contribution in [0.1, 0.15) is 48.6 Å². The molecule has 0 N–H and O–H groups in total. The van der Waals surface area contributed by atoms with Crippen LogP contribution in [0, 0.1) is 6.92 Å². The van der Waals surface area contributed by atoms with Crippen molar-refractivity contribution in [2.24, 2.45) is 0 Å². The van der Waals surface area contributed by atoms with Crippen LogP contribution in [0.4, 0.5) is 5.13 Å². The SMILES string of the molecule is CCCc1ccc(Cc2csc(N3CCC(S(=O)(=O)c4cc(C)c(Cl)cc4Cl)CC3)n2)cc1. The molecule has 33 heavy (non-hydrogen) atoms. The minimum atomic E-state index is -3.52. The van der Waals surface area contributed by atoms with Crippen molar-refractivity contribution in [3.8, 4) is 0 Å². The molecular formula is C25H28Cl2N2O2S2. The average Bonchev–Trinajstić information content (AvgIpc) is 3.26. The lowest BCUT2D eigenvalue weighted by atomic mass is 10.1. The molecule has 1 fully saturated rings. The summed E-state index contributed by atoms with van der Waals surface area (Å²) in [5.41, 5.74) is 4.39. The second-order valence-corrected chi connectivity index (χ2v) is 12.5. The van der Waals surface area contributed by atoms with Gasteiger partial charge in [-0.05, 0) is 55.0 Å². The Balaban J connectivity index is 1.39. The zero-order chi connectivity index (χ0) is 23.6. The molecule has 3 aromatic rings. The van der Waals surface area contributed by atoms with Crippen LogP contribution in [-0.4, -0.2) is 31.7 Å². The molecule has 0 saturated carbocycles. The number of sulfone groups is 1. The number of thiazole rings is 1. The van der Waals surface area contributed by atoms with Gasteiger partial charge in [-0.3, -0.25) is 0 Å². The van der Waals surface area contributed by atoms with E-state index in [9.17, 15) is 8.42 Å². The van der Waals surface area contributed by atoms with E-state index in [0.717, 1.165) is 30.1 Å². The summed E-state index contributed by atoms with van der Waals surface area (Å²) in [7, 11) is -3.52. The number of aromatic nitrogens is 1. The molecule has 8 heteroatoms. The summed E-state index contributed by atoms with van der Waals surface area (Å²) in [4.78, 5) is 7.21. The number of halogens is 2. The fourth-order valence-electron chi connectivity index (χ4n) is 4.23. The van der Waals surface area contributed by atoms with E-state index in [1.165, 1.54) is 17.2 Å². The standard InChI is InChI=1S/C25H28Cl2N2O2S2/c1-3-4-18-5-7-19(8-6-18)14-20-16-32-25(28-20)29-11-9-21(10-12-29)33(30,31)24-13-17(2)22(26)15-23(24)27/h5-8,13,15-16,21H,3-4,9-12,14H2,1-2H3. The molecule has 4 nitrogen and oxygen atoms in total. The maximum absolute atomic E-state index is 13.2. The van der Waals surface area contributed by atoms with Gasteiger partial charge in [0, 0.05) is 29.9 Å². The van der Waals surface area contributed by atoms with Gasteiger partial charge in [-0.2, -0.15) is 0 Å². The summed E-state index contributed by atoms with van der Waals surface area (Å²) in [6.07, 6.45) is 4.17. The van der Waals surface area contributed by atoms with Crippen LogP contribution < -0.4 is 4.90 Å². The first-order valence-corrected chi connectivity index (χ1v) is 14.4. The Hall–Kier alpha value is -1.60. The molecule has 0 amide bonds. The molecule has 0 aliphatic carbocycles. The van der Waals surface area contributed by atoms with Crippen LogP contribution in [0.3, 0.4) is 0 Å². The third-order valence-electron chi connectivity index (χ3n) is 6.16. The number of benzene rings is 2. The largest absolute Gasteiger partial charge is 0.348 e. The zero-order valence-corrected chi connectivity index (χ0v) is 22.0. The Morgan fingerprint density at radius 2 is 1.73 bits per heavy atom. The topological polar surface area (TPSA) is 50.3 Å². The number of hydrogen-bond acceptors (Lipinski definition) is 5. The highest BCUT2D eigenvalue weighted by atomic mass is 35.5. The Bertz CT molecular complexity index is 1220. The van der Waals surface area contributed by atoms with Crippen molar-refractivity contribution < 1.29 is 8.42 Å². The van der Waals surface area contributed by atoms with E-state index in [-0.39, 0.29) is 9.92 Å². The van der Waals surface area contributed by atoms with Gasteiger partial charge < -0.3 is 4.90 Å². The molecule has 2 heterocycles. The van der Waals surface area contributed by atoms with Crippen molar-refractivity contribution in [3.05, 3.63) is 74.2 Å². The summed E-state index contributed by atoms with van der Waals surface area (Å²) in [5, 5.41) is 3.29. The van der Waals surface area contributed by atoms with Gasteiger partial charge >= 0.3 is 0 Å². The van der Waals surface area contributed by atoms with Crippen molar-refractivity contribution in [1.82, 2.24) is 4.98 Å². The molecule has 0 bridgehead atoms. The van der Waals surface area contributed by atoms with E-state index in [1.807, 2.05) is 0 Å². The Morgan fingerprint density at radius 3 is 2.39 bits per heavy atom. The lowest BCUT2D eigenvalue weighted by Crippen LogP contribution is -2.39. The quantitative estimate of drug-likeness (QED) is 0.344. The third-order valence-corrected chi connectivity index (χ3v) is 10.2. The predicted octanol–water partition coefficient (Wildman–Crippen LogP) is 6.74. The van der Waals surface area contributed by atoms with Gasteiger partial charge in [-0.15, -0.1) is 11.3 Å². The van der Waals surface area contributed by atoms with E-state index in [4.69, 9.17) is 28.2 Å². The van der Waals surface area contributed by atoms with Gasteiger partial charge in [0.05, 0.1) is 20.9 Å². The third kappa shape index (κ3) is 5.56. The van der Waals surface area contributed by atoms with Gasteiger partial charge in [0.15, 0.2) is 15.0 Å². The first-order chi connectivity index (χ1) is 15.8. The number of piperidine rings is 1. The highest BCUT2D eigenvalue weighted by molar-refractivity contribution is 7.92. The number of anilines is 1. The lowest BCUT2D eigenvalue weighted by molar-refractivity contribution is 0.529. The molecule has 0 atom stereocenters. The van der Waals surface area contributed by atoms with Gasteiger partial charge in [0.2, 0.25) is 0 Å². The van der Waals surface area contributed by atoms with Crippen molar-refractivity contribution in [1.29, 1.82) is 0 Å². The van der Waals surface area contributed by atoms with Gasteiger partial charge in [0.25, 0.3) is 0 Å². The summed E-state index contributed by atoms with van der Waals surface area (Å²) in [6, 6.07) is 11.9.